The lowest BCUT2D eigenvalue weighted by atomic mass is 10.0. The molecule has 2 N–H and O–H groups in total. The van der Waals surface area contributed by atoms with E-state index >= 15 is 0 Å². The molecular formula is C14H18N2O3. The van der Waals surface area contributed by atoms with Gasteiger partial charge in [0.05, 0.1) is 0 Å². The highest BCUT2D eigenvalue weighted by molar-refractivity contribution is 5.96. The van der Waals surface area contributed by atoms with Crippen LogP contribution in [-0.2, 0) is 16.0 Å². The van der Waals surface area contributed by atoms with Gasteiger partial charge in [-0.15, -0.1) is 0 Å². The smallest absolute Gasteiger partial charge is 0.226 e. The van der Waals surface area contributed by atoms with Gasteiger partial charge in [-0.1, -0.05) is 0 Å². The fourth-order valence-electron chi connectivity index (χ4n) is 2.12. The number of hydrogen-bond donors (Lipinski definition) is 2. The number of benzene rings is 1. The molecule has 0 aliphatic carbocycles. The molecule has 0 saturated carbocycles. The second-order valence-electron chi connectivity index (χ2n) is 4.67. The number of nitrogens with one attached hydrogen (secondary N) is 1. The van der Waals surface area contributed by atoms with Crippen molar-refractivity contribution in [2.75, 3.05) is 23.9 Å². The first-order chi connectivity index (χ1) is 9.11. The van der Waals surface area contributed by atoms with Crippen LogP contribution in [-0.4, -0.2) is 30.6 Å². The number of amides is 2. The van der Waals surface area contributed by atoms with Gasteiger partial charge in [-0.25, -0.2) is 0 Å². The van der Waals surface area contributed by atoms with Crippen molar-refractivity contribution in [2.24, 2.45) is 0 Å². The van der Waals surface area contributed by atoms with Crippen LogP contribution in [0.25, 0.3) is 0 Å². The van der Waals surface area contributed by atoms with Crippen molar-refractivity contribution >= 4 is 23.2 Å². The van der Waals surface area contributed by atoms with Crippen molar-refractivity contribution in [2.45, 2.75) is 25.7 Å². The number of nitrogens with zero attached hydrogens (tertiary/aromatic N) is 1. The van der Waals surface area contributed by atoms with E-state index in [0.29, 0.717) is 25.7 Å². The molecule has 19 heavy (non-hydrogen) atoms. The van der Waals surface area contributed by atoms with Crippen LogP contribution in [0.4, 0.5) is 11.4 Å². The van der Waals surface area contributed by atoms with Crippen LogP contribution in [0.2, 0.25) is 0 Å². The van der Waals surface area contributed by atoms with Gasteiger partial charge in [-0.05, 0) is 36.6 Å². The van der Waals surface area contributed by atoms with Crippen LogP contribution in [0.15, 0.2) is 18.2 Å². The summed E-state index contributed by atoms with van der Waals surface area (Å²) in [6.45, 7) is 0.0236. The molecule has 0 radical (unpaired) electrons. The predicted octanol–water partition coefficient (Wildman–Crippen LogP) is 1.31. The SMILES string of the molecule is CN(C(=O)CCCO)c1ccc2c(c1)CCC(=O)N2. The summed E-state index contributed by atoms with van der Waals surface area (Å²) in [5, 5.41) is 11.6. The third-order valence-corrected chi connectivity index (χ3v) is 3.29. The Labute approximate surface area is 112 Å². The van der Waals surface area contributed by atoms with Crippen molar-refractivity contribution < 1.29 is 14.7 Å². The number of aliphatic hydroxyl groups excluding tert-OH is 1. The van der Waals surface area contributed by atoms with Crippen molar-refractivity contribution in [3.8, 4) is 0 Å². The van der Waals surface area contributed by atoms with Crippen molar-refractivity contribution in [1.29, 1.82) is 0 Å². The van der Waals surface area contributed by atoms with Crippen LogP contribution in [0.5, 0.6) is 0 Å². The molecule has 0 aromatic heterocycles. The Morgan fingerprint density at radius 3 is 2.95 bits per heavy atom. The normalized spacial score (nSPS) is 13.7. The quantitative estimate of drug-likeness (QED) is 0.859. The highest BCUT2D eigenvalue weighted by Gasteiger charge is 2.17. The van der Waals surface area contributed by atoms with Crippen molar-refractivity contribution in [3.63, 3.8) is 0 Å². The Kier molecular flexibility index (Phi) is 4.16. The molecule has 0 atom stereocenters. The van der Waals surface area contributed by atoms with Gasteiger partial charge < -0.3 is 15.3 Å². The van der Waals surface area contributed by atoms with Gasteiger partial charge in [-0.2, -0.15) is 0 Å². The highest BCUT2D eigenvalue weighted by Crippen LogP contribution is 2.27. The molecule has 1 heterocycles. The minimum atomic E-state index is -0.0196. The average molecular weight is 262 g/mol. The molecule has 102 valence electrons. The Morgan fingerprint density at radius 2 is 2.21 bits per heavy atom. The largest absolute Gasteiger partial charge is 0.396 e. The first kappa shape index (κ1) is 13.5. The Morgan fingerprint density at radius 1 is 1.42 bits per heavy atom. The second-order valence-corrected chi connectivity index (χ2v) is 4.67. The first-order valence-corrected chi connectivity index (χ1v) is 6.42. The van der Waals surface area contributed by atoms with Crippen molar-refractivity contribution in [3.05, 3.63) is 23.8 Å². The average Bonchev–Trinajstić information content (AvgIpc) is 2.43. The van der Waals surface area contributed by atoms with Crippen LogP contribution in [0.3, 0.4) is 0 Å². The van der Waals surface area contributed by atoms with E-state index in [0.717, 1.165) is 16.9 Å². The Hall–Kier alpha value is -1.88. The van der Waals surface area contributed by atoms with Crippen molar-refractivity contribution in [1.82, 2.24) is 0 Å². The van der Waals surface area contributed by atoms with E-state index in [1.54, 1.807) is 11.9 Å². The maximum Gasteiger partial charge on any atom is 0.226 e. The summed E-state index contributed by atoms with van der Waals surface area (Å²) in [4.78, 5) is 24.7. The highest BCUT2D eigenvalue weighted by atomic mass is 16.3. The molecule has 2 amide bonds. The molecule has 5 nitrogen and oxygen atoms in total. The topological polar surface area (TPSA) is 69.6 Å². The summed E-state index contributed by atoms with van der Waals surface area (Å²) < 4.78 is 0. The lowest BCUT2D eigenvalue weighted by molar-refractivity contribution is -0.118. The van der Waals surface area contributed by atoms with E-state index in [1.165, 1.54) is 0 Å². The number of aliphatic hydroxyl groups is 1. The lowest BCUT2D eigenvalue weighted by Gasteiger charge is -2.22. The molecule has 1 aliphatic rings. The number of carbonyl (C=O) groups excluding carboxylic acids is 2. The minimum absolute atomic E-state index is 0.0196. The zero-order chi connectivity index (χ0) is 13.8. The number of carbonyl (C=O) groups is 2. The third kappa shape index (κ3) is 3.12. The van der Waals surface area contributed by atoms with Crippen LogP contribution < -0.4 is 10.2 Å². The monoisotopic (exact) mass is 262 g/mol. The predicted molar refractivity (Wildman–Crippen MR) is 73.1 cm³/mol. The number of aryl methyl sites for hydroxylation is 1. The van der Waals surface area contributed by atoms with Crippen LogP contribution in [0.1, 0.15) is 24.8 Å². The summed E-state index contributed by atoms with van der Waals surface area (Å²) >= 11 is 0. The standard InChI is InChI=1S/C14H18N2O3/c1-16(14(19)3-2-8-17)11-5-6-12-10(9-11)4-7-13(18)15-12/h5-6,9,17H,2-4,7-8H2,1H3,(H,15,18). The number of fused-ring (bicyclic) bond motifs is 1. The molecule has 0 saturated heterocycles. The molecule has 1 aromatic rings. The number of rotatable bonds is 4. The van der Waals surface area contributed by atoms with E-state index in [-0.39, 0.29) is 18.4 Å². The maximum atomic E-state index is 11.9. The fourth-order valence-corrected chi connectivity index (χ4v) is 2.12. The van der Waals surface area contributed by atoms with Gasteiger partial charge in [0.15, 0.2) is 0 Å². The molecular weight excluding hydrogens is 244 g/mol. The van der Waals surface area contributed by atoms with Gasteiger partial charge >= 0.3 is 0 Å². The van der Waals surface area contributed by atoms with Gasteiger partial charge in [0.25, 0.3) is 0 Å². The Balaban J connectivity index is 2.13. The molecule has 2 rings (SSSR count). The summed E-state index contributed by atoms with van der Waals surface area (Å²) in [6, 6.07) is 5.59. The summed E-state index contributed by atoms with van der Waals surface area (Å²) in [6.07, 6.45) is 2.00. The molecule has 0 bridgehead atoms. The first-order valence-electron chi connectivity index (χ1n) is 6.42. The van der Waals surface area contributed by atoms with E-state index in [1.807, 2.05) is 18.2 Å². The fraction of sp³-hybridized carbons (Fsp3) is 0.429. The Bertz CT molecular complexity index is 499. The molecule has 0 unspecified atom stereocenters. The van der Waals surface area contributed by atoms with E-state index in [9.17, 15) is 9.59 Å². The molecule has 0 fully saturated rings. The number of anilines is 2. The third-order valence-electron chi connectivity index (χ3n) is 3.29. The summed E-state index contributed by atoms with van der Waals surface area (Å²) in [5.41, 5.74) is 2.70. The minimum Gasteiger partial charge on any atom is -0.396 e. The maximum absolute atomic E-state index is 11.9. The van der Waals surface area contributed by atoms with Gasteiger partial charge in [0.2, 0.25) is 11.8 Å². The molecule has 1 aromatic carbocycles. The zero-order valence-corrected chi connectivity index (χ0v) is 11.0. The van der Waals surface area contributed by atoms with E-state index in [4.69, 9.17) is 5.11 Å². The van der Waals surface area contributed by atoms with E-state index in [2.05, 4.69) is 5.32 Å². The molecule has 5 heteroatoms. The summed E-state index contributed by atoms with van der Waals surface area (Å²) in [5.74, 6) is 0.0153. The summed E-state index contributed by atoms with van der Waals surface area (Å²) in [7, 11) is 1.73. The zero-order valence-electron chi connectivity index (χ0n) is 11.0. The van der Waals surface area contributed by atoms with Gasteiger partial charge in [0, 0.05) is 37.9 Å². The van der Waals surface area contributed by atoms with Crippen LogP contribution >= 0.6 is 0 Å². The second kappa shape index (κ2) is 5.84. The van der Waals surface area contributed by atoms with E-state index < -0.39 is 0 Å². The molecule has 0 spiro atoms. The molecule has 1 aliphatic heterocycles. The van der Waals surface area contributed by atoms with Gasteiger partial charge in [0.1, 0.15) is 0 Å². The number of hydrogen-bond acceptors (Lipinski definition) is 3. The lowest BCUT2D eigenvalue weighted by Crippen LogP contribution is -2.27. The van der Waals surface area contributed by atoms with Gasteiger partial charge in [-0.3, -0.25) is 9.59 Å². The van der Waals surface area contributed by atoms with Crippen LogP contribution in [0, 0.1) is 0 Å².